The predicted octanol–water partition coefficient (Wildman–Crippen LogP) is -0.307. The second-order valence-corrected chi connectivity index (χ2v) is 3.63. The van der Waals surface area contributed by atoms with Gasteiger partial charge < -0.3 is 5.11 Å². The van der Waals surface area contributed by atoms with Crippen LogP contribution in [0.25, 0.3) is 0 Å². The third kappa shape index (κ3) is 1.25. The van der Waals surface area contributed by atoms with Gasteiger partial charge in [0, 0.05) is 12.3 Å². The van der Waals surface area contributed by atoms with Gasteiger partial charge in [-0.05, 0) is 6.92 Å². The highest BCUT2D eigenvalue weighted by Gasteiger charge is 2.46. The Morgan fingerprint density at radius 3 is 2.45 bits per heavy atom. The molecule has 0 radical (unpaired) electrons. The molecule has 1 aliphatic heterocycles. The van der Waals surface area contributed by atoms with Gasteiger partial charge in [-0.15, -0.1) is 11.8 Å². The number of ketones is 1. The summed E-state index contributed by atoms with van der Waals surface area (Å²) in [5, 5.41) is 11.4. The summed E-state index contributed by atoms with van der Waals surface area (Å²) in [6.07, 6.45) is 0. The fourth-order valence-electron chi connectivity index (χ4n) is 0.996. The van der Waals surface area contributed by atoms with Crippen molar-refractivity contribution in [2.45, 2.75) is 11.8 Å². The van der Waals surface area contributed by atoms with Crippen LogP contribution in [-0.2, 0) is 9.59 Å². The van der Waals surface area contributed by atoms with E-state index < -0.39 is 10.8 Å². The van der Waals surface area contributed by atoms with Crippen LogP contribution in [0.1, 0.15) is 6.92 Å². The van der Waals surface area contributed by atoms with Gasteiger partial charge in [0.2, 0.25) is 4.87 Å². The maximum atomic E-state index is 10.9. The van der Waals surface area contributed by atoms with Gasteiger partial charge in [0.05, 0.1) is 0 Å². The van der Waals surface area contributed by atoms with Crippen molar-refractivity contribution in [3.05, 3.63) is 0 Å². The monoisotopic (exact) mass is 175 g/mol. The number of carboxylic acids is 1. The fourth-order valence-corrected chi connectivity index (χ4v) is 2.04. The maximum absolute atomic E-state index is 10.9. The number of thioether (sulfide) groups is 1. The Kier molecular flexibility index (Phi) is 2.20. The van der Waals surface area contributed by atoms with Crippen molar-refractivity contribution in [2.24, 2.45) is 0 Å². The first-order valence-corrected chi connectivity index (χ1v) is 4.21. The highest BCUT2D eigenvalue weighted by molar-refractivity contribution is 8.02. The molecule has 0 aromatic rings. The Morgan fingerprint density at radius 1 is 1.64 bits per heavy atom. The summed E-state index contributed by atoms with van der Waals surface area (Å²) >= 11 is 1.15. The second-order valence-electron chi connectivity index (χ2n) is 2.32. The second kappa shape index (κ2) is 2.83. The third-order valence-electron chi connectivity index (χ3n) is 1.59. The van der Waals surface area contributed by atoms with Crippen LogP contribution < -0.4 is 5.32 Å². The summed E-state index contributed by atoms with van der Waals surface area (Å²) in [5.41, 5.74) is 0. The van der Waals surface area contributed by atoms with Gasteiger partial charge in [0.15, 0.2) is 5.78 Å². The highest BCUT2D eigenvalue weighted by Crippen LogP contribution is 2.28. The van der Waals surface area contributed by atoms with Crippen molar-refractivity contribution in [3.63, 3.8) is 0 Å². The van der Waals surface area contributed by atoms with E-state index in [1.165, 1.54) is 6.92 Å². The van der Waals surface area contributed by atoms with E-state index in [9.17, 15) is 9.59 Å². The number of hydrogen-bond donors (Lipinski definition) is 2. The number of carbonyl (C=O) groups is 2. The predicted molar refractivity (Wildman–Crippen MR) is 41.5 cm³/mol. The van der Waals surface area contributed by atoms with Crippen molar-refractivity contribution < 1.29 is 14.7 Å². The first-order chi connectivity index (χ1) is 5.09. The minimum atomic E-state index is -1.36. The SMILES string of the molecule is CC(=O)C1(C(=O)O)NCCS1. The largest absolute Gasteiger partial charge is 0.479 e. The first-order valence-electron chi connectivity index (χ1n) is 3.23. The van der Waals surface area contributed by atoms with E-state index >= 15 is 0 Å². The van der Waals surface area contributed by atoms with E-state index in [0.29, 0.717) is 12.3 Å². The molecule has 1 aliphatic rings. The van der Waals surface area contributed by atoms with Crippen LogP contribution in [0.4, 0.5) is 0 Å². The smallest absolute Gasteiger partial charge is 0.342 e. The Hall–Kier alpha value is -0.550. The fraction of sp³-hybridized carbons (Fsp3) is 0.667. The van der Waals surface area contributed by atoms with Crippen LogP contribution in [0.15, 0.2) is 0 Å². The van der Waals surface area contributed by atoms with Crippen molar-refractivity contribution in [1.29, 1.82) is 0 Å². The van der Waals surface area contributed by atoms with E-state index in [0.717, 1.165) is 11.8 Å². The number of rotatable bonds is 2. The average Bonchev–Trinajstić information content (AvgIpc) is 2.34. The van der Waals surface area contributed by atoms with Gasteiger partial charge in [-0.25, -0.2) is 4.79 Å². The molecular weight excluding hydrogens is 166 g/mol. The van der Waals surface area contributed by atoms with Gasteiger partial charge in [0.25, 0.3) is 0 Å². The van der Waals surface area contributed by atoms with E-state index in [-0.39, 0.29) is 5.78 Å². The van der Waals surface area contributed by atoms with Crippen LogP contribution in [0.2, 0.25) is 0 Å². The number of Topliss-reactive ketones (excluding diaryl/α,β-unsaturated/α-hetero) is 1. The molecule has 0 aromatic heterocycles. The van der Waals surface area contributed by atoms with Crippen LogP contribution in [-0.4, -0.2) is 34.0 Å². The summed E-state index contributed by atoms with van der Waals surface area (Å²) in [7, 11) is 0. The molecule has 1 atom stereocenters. The Balaban J connectivity index is 2.87. The normalized spacial score (nSPS) is 30.3. The zero-order chi connectivity index (χ0) is 8.48. The van der Waals surface area contributed by atoms with Crippen molar-refractivity contribution >= 4 is 23.5 Å². The van der Waals surface area contributed by atoms with Crippen LogP contribution >= 0.6 is 11.8 Å². The molecule has 1 heterocycles. The van der Waals surface area contributed by atoms with Crippen molar-refractivity contribution in [3.8, 4) is 0 Å². The molecule has 1 saturated heterocycles. The lowest BCUT2D eigenvalue weighted by atomic mass is 10.2. The van der Waals surface area contributed by atoms with E-state index in [1.807, 2.05) is 0 Å². The lowest BCUT2D eigenvalue weighted by Crippen LogP contribution is -2.50. The molecule has 2 N–H and O–H groups in total. The van der Waals surface area contributed by atoms with Gasteiger partial charge in [0.1, 0.15) is 0 Å². The van der Waals surface area contributed by atoms with Gasteiger partial charge in [-0.2, -0.15) is 0 Å². The van der Waals surface area contributed by atoms with Crippen molar-refractivity contribution in [1.82, 2.24) is 5.32 Å². The Morgan fingerprint density at radius 2 is 2.27 bits per heavy atom. The molecule has 5 heteroatoms. The highest BCUT2D eigenvalue weighted by atomic mass is 32.2. The summed E-state index contributed by atoms with van der Waals surface area (Å²) in [6, 6.07) is 0. The minimum absolute atomic E-state index is 0.340. The lowest BCUT2D eigenvalue weighted by molar-refractivity contribution is -0.144. The Labute approximate surface area is 68.3 Å². The van der Waals surface area contributed by atoms with E-state index in [1.54, 1.807) is 0 Å². The molecule has 1 fully saturated rings. The summed E-state index contributed by atoms with van der Waals surface area (Å²) in [5.74, 6) is -0.758. The standard InChI is InChI=1S/C6H9NO3S/c1-4(8)6(5(9)10)7-2-3-11-6/h7H,2-3H2,1H3,(H,9,10). The molecule has 4 nitrogen and oxygen atoms in total. The zero-order valence-corrected chi connectivity index (χ0v) is 6.90. The molecule has 0 aromatic carbocycles. The molecular formula is C6H9NO3S. The van der Waals surface area contributed by atoms with Crippen molar-refractivity contribution in [2.75, 3.05) is 12.3 Å². The molecule has 0 saturated carbocycles. The molecule has 62 valence electrons. The zero-order valence-electron chi connectivity index (χ0n) is 6.09. The summed E-state index contributed by atoms with van der Waals surface area (Å²) < 4.78 is 0. The quantitative estimate of drug-likeness (QED) is 0.564. The molecule has 0 spiro atoms. The number of nitrogens with one attached hydrogen (secondary N) is 1. The van der Waals surface area contributed by atoms with E-state index in [4.69, 9.17) is 5.11 Å². The first kappa shape index (κ1) is 8.55. The third-order valence-corrected chi connectivity index (χ3v) is 3.04. The molecule has 0 amide bonds. The summed E-state index contributed by atoms with van der Waals surface area (Å²) in [4.78, 5) is 20.2. The summed E-state index contributed by atoms with van der Waals surface area (Å²) in [6.45, 7) is 1.87. The molecule has 11 heavy (non-hydrogen) atoms. The van der Waals surface area contributed by atoms with Crippen LogP contribution in [0.3, 0.4) is 0 Å². The van der Waals surface area contributed by atoms with E-state index in [2.05, 4.69) is 5.32 Å². The minimum Gasteiger partial charge on any atom is -0.479 e. The molecule has 0 bridgehead atoms. The molecule has 0 aliphatic carbocycles. The van der Waals surface area contributed by atoms with Gasteiger partial charge in [-0.3, -0.25) is 10.1 Å². The number of carbonyl (C=O) groups excluding carboxylic acids is 1. The molecule has 1 rings (SSSR count). The van der Waals surface area contributed by atoms with Gasteiger partial charge in [-0.1, -0.05) is 0 Å². The van der Waals surface area contributed by atoms with Crippen LogP contribution in [0, 0.1) is 0 Å². The number of carboxylic acid groups (broad SMARTS) is 1. The Bertz CT molecular complexity index is 182. The van der Waals surface area contributed by atoms with Crippen LogP contribution in [0.5, 0.6) is 0 Å². The molecule has 1 unspecified atom stereocenters. The number of aliphatic carboxylic acids is 1. The lowest BCUT2D eigenvalue weighted by Gasteiger charge is -2.18. The average molecular weight is 175 g/mol. The maximum Gasteiger partial charge on any atom is 0.342 e. The van der Waals surface area contributed by atoms with Gasteiger partial charge >= 0.3 is 5.97 Å². The topological polar surface area (TPSA) is 66.4 Å². The number of hydrogen-bond acceptors (Lipinski definition) is 4.